The van der Waals surface area contributed by atoms with Crippen LogP contribution in [-0.2, 0) is 17.1 Å². The predicted molar refractivity (Wildman–Crippen MR) is 130 cm³/mol. The summed E-state index contributed by atoms with van der Waals surface area (Å²) in [5.41, 5.74) is 0. The van der Waals surface area contributed by atoms with Gasteiger partial charge in [0.1, 0.15) is 0 Å². The Bertz CT molecular complexity index is 6.63. The van der Waals surface area contributed by atoms with E-state index in [2.05, 4.69) is 0 Å². The zero-order valence-corrected chi connectivity index (χ0v) is 19.5. The molecule has 0 saturated heterocycles. The molecule has 36 nitrogen and oxygen atoms in total. The summed E-state index contributed by atoms with van der Waals surface area (Å²) in [6, 6.07) is 0. The second-order valence-corrected chi connectivity index (χ2v) is 0. The summed E-state index contributed by atoms with van der Waals surface area (Å²) >= 11 is 0. The fraction of sp³-hybridized carbons (Fsp3) is 0. The zero-order chi connectivity index (χ0) is 0. The van der Waals surface area contributed by atoms with Crippen LogP contribution >= 0.6 is 0 Å². The molecule has 0 fully saturated rings. The molecule has 0 atom stereocenters. The van der Waals surface area contributed by atoms with Gasteiger partial charge >= 0.3 is 0 Å². The van der Waals surface area contributed by atoms with Gasteiger partial charge in [0.05, 0.1) is 0 Å². The van der Waals surface area contributed by atoms with Crippen LogP contribution in [0, 0.1) is 0 Å². The third kappa shape index (κ3) is 45300. The van der Waals surface area contributed by atoms with Crippen molar-refractivity contribution >= 4 is 0 Å². The van der Waals surface area contributed by atoms with Gasteiger partial charge in [-0.1, -0.05) is 0 Å². The van der Waals surface area contributed by atoms with Crippen molar-refractivity contribution in [3.8, 4) is 0 Å². The second kappa shape index (κ2) is 48100. The van der Waals surface area contributed by atoms with Crippen molar-refractivity contribution < 1.29 is 214 Å². The summed E-state index contributed by atoms with van der Waals surface area (Å²) in [6.45, 7) is 0. The summed E-state index contributed by atoms with van der Waals surface area (Å²) in [6.07, 6.45) is 0. The Balaban J connectivity index is 0. The molecular formula is H72FeO36. The Kier molecular flexibility index (Phi) is 68100000. The zero-order valence-electron chi connectivity index (χ0n) is 18.4. The molecule has 0 radical (unpaired) electrons. The maximum atomic E-state index is 0. The quantitative estimate of drug-likeness (QED) is 0.212. The first-order valence-corrected chi connectivity index (χ1v) is 0. The first-order valence-electron chi connectivity index (χ1n) is 0. The van der Waals surface area contributed by atoms with E-state index in [1.807, 2.05) is 0 Å². The van der Waals surface area contributed by atoms with Gasteiger partial charge in [-0.2, -0.15) is 0 Å². The van der Waals surface area contributed by atoms with Crippen LogP contribution in [0.2, 0.25) is 0 Å². The topological polar surface area (TPSA) is 1130 Å². The van der Waals surface area contributed by atoms with Gasteiger partial charge in [-0.15, -0.1) is 0 Å². The van der Waals surface area contributed by atoms with Gasteiger partial charge in [0.15, 0.2) is 0 Å². The van der Waals surface area contributed by atoms with Crippen molar-refractivity contribution in [1.82, 2.24) is 0 Å². The van der Waals surface area contributed by atoms with Crippen LogP contribution in [0.25, 0.3) is 0 Å². The SMILES string of the molecule is O.O.O.O.O.O.O.O.O.O.O.O.O.O.O.O.O.O.O.O.O.O.O.O.O.O.O.O.O.O.O.O.O.O.O.O.[Fe]. The molecule has 0 unspecified atom stereocenters. The van der Waals surface area contributed by atoms with E-state index in [1.54, 1.807) is 0 Å². The normalized spacial score (nSPS) is 0. The molecule has 0 aliphatic rings. The number of rotatable bonds is 0. The molecule has 0 aliphatic carbocycles. The van der Waals surface area contributed by atoms with Crippen LogP contribution in [0.5, 0.6) is 0 Å². The van der Waals surface area contributed by atoms with Gasteiger partial charge in [-0.3, -0.25) is 0 Å². The molecule has 37 heteroatoms. The van der Waals surface area contributed by atoms with Crippen molar-refractivity contribution in [2.45, 2.75) is 0 Å². The van der Waals surface area contributed by atoms with Gasteiger partial charge in [0.2, 0.25) is 0 Å². The Hall–Kier alpha value is -0.921. The van der Waals surface area contributed by atoms with Gasteiger partial charge < -0.3 is 197 Å². The molecule has 72 N–H and O–H groups in total. The van der Waals surface area contributed by atoms with Gasteiger partial charge in [-0.25, -0.2) is 0 Å². The Morgan fingerprint density at radius 3 is 0.0541 bits per heavy atom. The van der Waals surface area contributed by atoms with E-state index in [1.165, 1.54) is 0 Å². The molecule has 0 aromatic heterocycles. The van der Waals surface area contributed by atoms with Crippen LogP contribution in [0.3, 0.4) is 0 Å². The second-order valence-electron chi connectivity index (χ2n) is 0. The van der Waals surface area contributed by atoms with E-state index in [9.17, 15) is 0 Å². The maximum Gasteiger partial charge on any atom is 0 e. The minimum absolute atomic E-state index is 0. The van der Waals surface area contributed by atoms with Crippen molar-refractivity contribution in [2.24, 2.45) is 0 Å². The summed E-state index contributed by atoms with van der Waals surface area (Å²) in [7, 11) is 0. The minimum Gasteiger partial charge on any atom is -0.412 e. The Morgan fingerprint density at radius 2 is 0.0541 bits per heavy atom. The van der Waals surface area contributed by atoms with Crippen LogP contribution in [-0.4, -0.2) is 197 Å². The van der Waals surface area contributed by atoms with E-state index < -0.39 is 0 Å². The van der Waals surface area contributed by atoms with Crippen LogP contribution in [0.4, 0.5) is 0 Å². The van der Waals surface area contributed by atoms with Crippen molar-refractivity contribution in [3.05, 3.63) is 0 Å². The molecule has 0 rings (SSSR count). The van der Waals surface area contributed by atoms with E-state index >= 15 is 0 Å². The third-order valence-corrected chi connectivity index (χ3v) is 0. The Labute approximate surface area is 215 Å². The monoisotopic (exact) mass is 704 g/mol. The fourth-order valence-electron chi connectivity index (χ4n) is 0. The standard InChI is InChI=1S/Fe.36H2O/h;36*1H2. The molecule has 0 heterocycles. The Morgan fingerprint density at radius 1 is 0.0541 bits per heavy atom. The fourth-order valence-corrected chi connectivity index (χ4v) is 0. The largest absolute Gasteiger partial charge is 0.412 e. The van der Waals surface area contributed by atoms with Crippen molar-refractivity contribution in [3.63, 3.8) is 0 Å². The molecule has 0 aromatic rings. The first kappa shape index (κ1) is 52400. The summed E-state index contributed by atoms with van der Waals surface area (Å²) in [4.78, 5) is 0. The van der Waals surface area contributed by atoms with Crippen LogP contribution in [0.1, 0.15) is 0 Å². The van der Waals surface area contributed by atoms with Crippen molar-refractivity contribution in [2.75, 3.05) is 0 Å². The molecule has 0 amide bonds. The van der Waals surface area contributed by atoms with Gasteiger partial charge in [0.25, 0.3) is 0 Å². The molecule has 0 saturated carbocycles. The van der Waals surface area contributed by atoms with E-state index in [-0.39, 0.29) is 214 Å². The van der Waals surface area contributed by atoms with Gasteiger partial charge in [-0.05, 0) is 0 Å². The summed E-state index contributed by atoms with van der Waals surface area (Å²) < 4.78 is 0. The number of hydrogen-bond donors (Lipinski definition) is 0. The average Bonchev–Trinajstić information content (AvgIpc) is 0. The van der Waals surface area contributed by atoms with Crippen LogP contribution < -0.4 is 0 Å². The van der Waals surface area contributed by atoms with Gasteiger partial charge in [0, 0.05) is 17.1 Å². The first-order chi connectivity index (χ1) is 0. The number of hydrogen-bond acceptors (Lipinski definition) is 0. The molecular weight excluding hydrogens is 632 g/mol. The molecule has 296 valence electrons. The predicted octanol–water partition coefficient (Wildman–Crippen LogP) is -29.7. The third-order valence-electron chi connectivity index (χ3n) is 0. The summed E-state index contributed by atoms with van der Waals surface area (Å²) in [5.74, 6) is 0. The molecule has 37 heavy (non-hydrogen) atoms. The molecule has 0 aromatic carbocycles. The van der Waals surface area contributed by atoms with Crippen LogP contribution in [0.15, 0.2) is 0 Å². The molecule has 0 aliphatic heterocycles. The van der Waals surface area contributed by atoms with E-state index in [0.29, 0.717) is 0 Å². The minimum atomic E-state index is 0. The summed E-state index contributed by atoms with van der Waals surface area (Å²) in [5, 5.41) is 0. The van der Waals surface area contributed by atoms with E-state index in [4.69, 9.17) is 0 Å². The molecule has 0 spiro atoms. The molecule has 0 bridgehead atoms. The van der Waals surface area contributed by atoms with E-state index in [0.717, 1.165) is 0 Å². The smallest absolute Gasteiger partial charge is 0 e. The average molecular weight is 704 g/mol. The maximum absolute atomic E-state index is 0. The van der Waals surface area contributed by atoms with Crippen molar-refractivity contribution in [1.29, 1.82) is 0 Å².